The minimum atomic E-state index is -0.173. The zero-order valence-corrected chi connectivity index (χ0v) is 16.6. The van der Waals surface area contributed by atoms with Crippen LogP contribution in [0.3, 0.4) is 0 Å². The van der Waals surface area contributed by atoms with Crippen molar-refractivity contribution in [2.75, 3.05) is 11.4 Å². The predicted octanol–water partition coefficient (Wildman–Crippen LogP) is 4.51. The average Bonchev–Trinajstić information content (AvgIpc) is 2.71. The highest BCUT2D eigenvalue weighted by molar-refractivity contribution is 5.93. The first-order chi connectivity index (χ1) is 13.5. The quantitative estimate of drug-likeness (QED) is 0.661. The Kier molecular flexibility index (Phi) is 6.37. The van der Waals surface area contributed by atoms with Crippen LogP contribution in [0, 0.1) is 12.8 Å². The molecule has 1 N–H and O–H groups in total. The molecule has 1 amide bonds. The SMILES string of the molecule is Cc1nc(C(=O)NCC(C)C)cc(N(Cc2ccccc2)c2ccccc2)n1. The summed E-state index contributed by atoms with van der Waals surface area (Å²) in [5.74, 6) is 1.48. The molecule has 5 nitrogen and oxygen atoms in total. The Labute approximate surface area is 166 Å². The van der Waals surface area contributed by atoms with Crippen LogP contribution in [-0.2, 0) is 6.54 Å². The number of aryl methyl sites for hydroxylation is 1. The lowest BCUT2D eigenvalue weighted by molar-refractivity contribution is 0.0943. The summed E-state index contributed by atoms with van der Waals surface area (Å²) in [6.45, 7) is 7.20. The summed E-state index contributed by atoms with van der Waals surface area (Å²) in [4.78, 5) is 23.6. The molecule has 0 aliphatic rings. The van der Waals surface area contributed by atoms with Crippen LogP contribution in [-0.4, -0.2) is 22.4 Å². The molecular weight excluding hydrogens is 348 g/mol. The first-order valence-electron chi connectivity index (χ1n) is 9.53. The monoisotopic (exact) mass is 374 g/mol. The number of hydrogen-bond acceptors (Lipinski definition) is 4. The molecule has 0 unspecified atom stereocenters. The third-order valence-electron chi connectivity index (χ3n) is 4.26. The number of anilines is 2. The summed E-state index contributed by atoms with van der Waals surface area (Å²) < 4.78 is 0. The molecule has 0 atom stereocenters. The summed E-state index contributed by atoms with van der Waals surface area (Å²) in [6.07, 6.45) is 0. The van der Waals surface area contributed by atoms with Gasteiger partial charge in [0.15, 0.2) is 0 Å². The number of para-hydroxylation sites is 1. The van der Waals surface area contributed by atoms with E-state index >= 15 is 0 Å². The predicted molar refractivity (Wildman–Crippen MR) is 113 cm³/mol. The molecule has 3 aromatic rings. The Hall–Kier alpha value is -3.21. The van der Waals surface area contributed by atoms with Crippen molar-refractivity contribution in [3.05, 3.63) is 83.8 Å². The smallest absolute Gasteiger partial charge is 0.270 e. The fourth-order valence-corrected chi connectivity index (χ4v) is 2.87. The van der Waals surface area contributed by atoms with E-state index in [0.29, 0.717) is 36.3 Å². The Morgan fingerprint density at radius 3 is 2.29 bits per heavy atom. The van der Waals surface area contributed by atoms with E-state index in [1.165, 1.54) is 0 Å². The van der Waals surface area contributed by atoms with Crippen LogP contribution in [0.5, 0.6) is 0 Å². The minimum Gasteiger partial charge on any atom is -0.350 e. The molecule has 3 rings (SSSR count). The maximum Gasteiger partial charge on any atom is 0.270 e. The van der Waals surface area contributed by atoms with Crippen molar-refractivity contribution in [3.63, 3.8) is 0 Å². The summed E-state index contributed by atoms with van der Waals surface area (Å²) in [7, 11) is 0. The van der Waals surface area contributed by atoms with E-state index in [1.54, 1.807) is 6.07 Å². The Bertz CT molecular complexity index is 910. The number of rotatable bonds is 7. The van der Waals surface area contributed by atoms with Gasteiger partial charge in [0, 0.05) is 24.8 Å². The summed E-state index contributed by atoms with van der Waals surface area (Å²) >= 11 is 0. The number of nitrogens with zero attached hydrogens (tertiary/aromatic N) is 3. The number of nitrogens with one attached hydrogen (secondary N) is 1. The molecule has 0 spiro atoms. The molecule has 0 fully saturated rings. The van der Waals surface area contributed by atoms with Crippen molar-refractivity contribution in [1.82, 2.24) is 15.3 Å². The third kappa shape index (κ3) is 5.16. The van der Waals surface area contributed by atoms with Gasteiger partial charge in [-0.2, -0.15) is 0 Å². The normalized spacial score (nSPS) is 10.7. The molecule has 0 aliphatic heterocycles. The van der Waals surface area contributed by atoms with Gasteiger partial charge in [-0.05, 0) is 30.5 Å². The van der Waals surface area contributed by atoms with Crippen LogP contribution in [0.2, 0.25) is 0 Å². The molecule has 0 bridgehead atoms. The average molecular weight is 374 g/mol. The molecule has 144 valence electrons. The van der Waals surface area contributed by atoms with Gasteiger partial charge in [0.2, 0.25) is 0 Å². The van der Waals surface area contributed by atoms with Gasteiger partial charge in [-0.15, -0.1) is 0 Å². The van der Waals surface area contributed by atoms with E-state index in [2.05, 4.69) is 46.2 Å². The number of carbonyl (C=O) groups is 1. The Balaban J connectivity index is 1.96. The second-order valence-electron chi connectivity index (χ2n) is 7.17. The number of amides is 1. The van der Waals surface area contributed by atoms with E-state index in [1.807, 2.05) is 55.5 Å². The van der Waals surface area contributed by atoms with Gasteiger partial charge < -0.3 is 10.2 Å². The molecule has 5 heteroatoms. The fraction of sp³-hybridized carbons (Fsp3) is 0.261. The largest absolute Gasteiger partial charge is 0.350 e. The number of hydrogen-bond donors (Lipinski definition) is 1. The lowest BCUT2D eigenvalue weighted by Gasteiger charge is -2.24. The van der Waals surface area contributed by atoms with Gasteiger partial charge in [0.05, 0.1) is 0 Å². The Morgan fingerprint density at radius 1 is 1.00 bits per heavy atom. The van der Waals surface area contributed by atoms with Gasteiger partial charge in [0.1, 0.15) is 17.3 Å². The van der Waals surface area contributed by atoms with Crippen LogP contribution in [0.4, 0.5) is 11.5 Å². The summed E-state index contributed by atoms with van der Waals surface area (Å²) in [5.41, 5.74) is 2.56. The van der Waals surface area contributed by atoms with E-state index in [-0.39, 0.29) is 5.91 Å². The molecule has 0 aliphatic carbocycles. The van der Waals surface area contributed by atoms with E-state index in [9.17, 15) is 4.79 Å². The van der Waals surface area contributed by atoms with Crippen molar-refractivity contribution in [1.29, 1.82) is 0 Å². The van der Waals surface area contributed by atoms with Crippen molar-refractivity contribution in [3.8, 4) is 0 Å². The minimum absolute atomic E-state index is 0.173. The van der Waals surface area contributed by atoms with Crippen molar-refractivity contribution in [2.45, 2.75) is 27.3 Å². The highest BCUT2D eigenvalue weighted by atomic mass is 16.1. The standard InChI is InChI=1S/C23H26N4O/c1-17(2)15-24-23(28)21-14-22(26-18(3)25-21)27(20-12-8-5-9-13-20)16-19-10-6-4-7-11-19/h4-14,17H,15-16H2,1-3H3,(H,24,28). The van der Waals surface area contributed by atoms with Gasteiger partial charge in [0.25, 0.3) is 5.91 Å². The topological polar surface area (TPSA) is 58.1 Å². The third-order valence-corrected chi connectivity index (χ3v) is 4.26. The zero-order chi connectivity index (χ0) is 19.9. The molecule has 0 radical (unpaired) electrons. The first-order valence-corrected chi connectivity index (χ1v) is 9.53. The van der Waals surface area contributed by atoms with Crippen molar-refractivity contribution < 1.29 is 4.79 Å². The fourth-order valence-electron chi connectivity index (χ4n) is 2.87. The Morgan fingerprint density at radius 2 is 1.64 bits per heavy atom. The van der Waals surface area contributed by atoms with Gasteiger partial charge in [-0.3, -0.25) is 4.79 Å². The van der Waals surface area contributed by atoms with Crippen LogP contribution in [0.25, 0.3) is 0 Å². The molecule has 2 aromatic carbocycles. The molecule has 1 aromatic heterocycles. The number of carbonyl (C=O) groups excluding carboxylic acids is 1. The maximum absolute atomic E-state index is 12.6. The highest BCUT2D eigenvalue weighted by Gasteiger charge is 2.16. The molecule has 1 heterocycles. The van der Waals surface area contributed by atoms with Gasteiger partial charge in [-0.25, -0.2) is 9.97 Å². The van der Waals surface area contributed by atoms with Crippen molar-refractivity contribution >= 4 is 17.4 Å². The first kappa shape index (κ1) is 19.5. The number of aromatic nitrogens is 2. The zero-order valence-electron chi connectivity index (χ0n) is 16.6. The molecule has 28 heavy (non-hydrogen) atoms. The van der Waals surface area contributed by atoms with Crippen molar-refractivity contribution in [2.24, 2.45) is 5.92 Å². The molecule has 0 saturated heterocycles. The molecular formula is C23H26N4O. The van der Waals surface area contributed by atoms with Crippen LogP contribution in [0.15, 0.2) is 66.7 Å². The lowest BCUT2D eigenvalue weighted by Crippen LogP contribution is -2.29. The van der Waals surface area contributed by atoms with Gasteiger partial charge >= 0.3 is 0 Å². The number of benzene rings is 2. The second kappa shape index (κ2) is 9.13. The van der Waals surface area contributed by atoms with Crippen LogP contribution in [0.1, 0.15) is 35.7 Å². The van der Waals surface area contributed by atoms with E-state index in [0.717, 1.165) is 11.3 Å². The maximum atomic E-state index is 12.6. The van der Waals surface area contributed by atoms with Crippen LogP contribution >= 0.6 is 0 Å². The van der Waals surface area contributed by atoms with Gasteiger partial charge in [-0.1, -0.05) is 62.4 Å². The summed E-state index contributed by atoms with van der Waals surface area (Å²) in [5, 5.41) is 2.93. The lowest BCUT2D eigenvalue weighted by atomic mass is 10.2. The van der Waals surface area contributed by atoms with Crippen LogP contribution < -0.4 is 10.2 Å². The van der Waals surface area contributed by atoms with E-state index in [4.69, 9.17) is 0 Å². The molecule has 0 saturated carbocycles. The summed E-state index contributed by atoms with van der Waals surface area (Å²) in [6, 6.07) is 22.0. The second-order valence-corrected chi connectivity index (χ2v) is 7.17. The highest BCUT2D eigenvalue weighted by Crippen LogP contribution is 2.26. The van der Waals surface area contributed by atoms with E-state index < -0.39 is 0 Å².